The highest BCUT2D eigenvalue weighted by atomic mass is 127. The topological polar surface area (TPSA) is 75.2 Å². The summed E-state index contributed by atoms with van der Waals surface area (Å²) in [5, 5.41) is 7.07. The van der Waals surface area contributed by atoms with Gasteiger partial charge in [-0.05, 0) is 25.7 Å². The zero-order chi connectivity index (χ0) is 19.2. The van der Waals surface area contributed by atoms with Crippen LogP contribution in [0.3, 0.4) is 0 Å². The highest BCUT2D eigenvalue weighted by molar-refractivity contribution is 14.0. The standard InChI is InChI=1S/C19H36N4O3.HI/c1-6-7-12-26-16-13-15(19(16,2)3)22-17(20-4)21-14-8-10-23(11-9-14)18(24)25-5;/h14-16H,6-13H2,1-5H3,(H2,20,21,22);1H. The molecule has 0 radical (unpaired) electrons. The quantitative estimate of drug-likeness (QED) is 0.256. The van der Waals surface area contributed by atoms with E-state index in [4.69, 9.17) is 9.47 Å². The second kappa shape index (κ2) is 11.3. The van der Waals surface area contributed by atoms with Crippen LogP contribution in [0.25, 0.3) is 0 Å². The van der Waals surface area contributed by atoms with E-state index in [2.05, 4.69) is 36.4 Å². The molecule has 1 saturated heterocycles. The summed E-state index contributed by atoms with van der Waals surface area (Å²) in [4.78, 5) is 17.7. The number of methoxy groups -OCH3 is 1. The van der Waals surface area contributed by atoms with Gasteiger partial charge in [0.15, 0.2) is 5.96 Å². The van der Waals surface area contributed by atoms with Gasteiger partial charge in [-0.1, -0.05) is 27.2 Å². The molecule has 2 atom stereocenters. The van der Waals surface area contributed by atoms with Crippen molar-refractivity contribution in [3.8, 4) is 0 Å². The number of carbonyl (C=O) groups is 1. The molecule has 8 heteroatoms. The smallest absolute Gasteiger partial charge is 0.409 e. The number of guanidine groups is 1. The summed E-state index contributed by atoms with van der Waals surface area (Å²) < 4.78 is 10.8. The summed E-state index contributed by atoms with van der Waals surface area (Å²) in [6, 6.07) is 0.678. The van der Waals surface area contributed by atoms with Crippen molar-refractivity contribution in [3.05, 3.63) is 0 Å². The van der Waals surface area contributed by atoms with Gasteiger partial charge >= 0.3 is 6.09 Å². The number of piperidine rings is 1. The highest BCUT2D eigenvalue weighted by Gasteiger charge is 2.49. The second-order valence-electron chi connectivity index (χ2n) is 7.91. The van der Waals surface area contributed by atoms with Crippen molar-refractivity contribution in [1.29, 1.82) is 0 Å². The van der Waals surface area contributed by atoms with Crippen molar-refractivity contribution >= 4 is 36.0 Å². The van der Waals surface area contributed by atoms with Gasteiger partial charge in [0.1, 0.15) is 0 Å². The van der Waals surface area contributed by atoms with Gasteiger partial charge < -0.3 is 25.0 Å². The molecule has 0 aromatic heterocycles. The monoisotopic (exact) mass is 496 g/mol. The number of amides is 1. The average Bonchev–Trinajstić information content (AvgIpc) is 2.65. The largest absolute Gasteiger partial charge is 0.453 e. The van der Waals surface area contributed by atoms with E-state index in [1.807, 2.05) is 0 Å². The first-order valence-corrected chi connectivity index (χ1v) is 9.86. The summed E-state index contributed by atoms with van der Waals surface area (Å²) in [7, 11) is 3.23. The van der Waals surface area contributed by atoms with E-state index in [-0.39, 0.29) is 35.5 Å². The summed E-state index contributed by atoms with van der Waals surface area (Å²) in [6.07, 6.45) is 5.17. The van der Waals surface area contributed by atoms with Crippen molar-refractivity contribution in [2.75, 3.05) is 33.9 Å². The number of hydrogen-bond acceptors (Lipinski definition) is 4. The number of nitrogens with one attached hydrogen (secondary N) is 2. The molecule has 2 fully saturated rings. The van der Waals surface area contributed by atoms with E-state index < -0.39 is 0 Å². The molecule has 1 aliphatic heterocycles. The molecule has 2 N–H and O–H groups in total. The fraction of sp³-hybridized carbons (Fsp3) is 0.895. The molecule has 2 aliphatic rings. The molecule has 2 unspecified atom stereocenters. The Balaban J connectivity index is 0.00000364. The van der Waals surface area contributed by atoms with Crippen molar-refractivity contribution in [2.45, 2.75) is 71.1 Å². The van der Waals surface area contributed by atoms with Gasteiger partial charge in [-0.15, -0.1) is 24.0 Å². The van der Waals surface area contributed by atoms with Gasteiger partial charge in [-0.3, -0.25) is 4.99 Å². The van der Waals surface area contributed by atoms with E-state index in [0.717, 1.165) is 38.2 Å². The molecule has 0 aromatic rings. The first-order valence-electron chi connectivity index (χ1n) is 9.86. The Hall–Kier alpha value is -0.770. The summed E-state index contributed by atoms with van der Waals surface area (Å²) >= 11 is 0. The van der Waals surface area contributed by atoms with Crippen LogP contribution in [0.15, 0.2) is 4.99 Å². The molecular weight excluding hydrogens is 459 g/mol. The molecule has 1 saturated carbocycles. The summed E-state index contributed by atoms with van der Waals surface area (Å²) in [6.45, 7) is 8.97. The predicted octanol–water partition coefficient (Wildman–Crippen LogP) is 2.98. The fourth-order valence-electron chi connectivity index (χ4n) is 3.65. The Kier molecular flexibility index (Phi) is 10.1. The Morgan fingerprint density at radius 2 is 1.93 bits per heavy atom. The van der Waals surface area contributed by atoms with E-state index in [0.29, 0.717) is 31.3 Å². The normalized spacial score (nSPS) is 25.2. The lowest BCUT2D eigenvalue weighted by Crippen LogP contribution is -2.64. The minimum Gasteiger partial charge on any atom is -0.453 e. The third-order valence-electron chi connectivity index (χ3n) is 5.80. The molecule has 7 nitrogen and oxygen atoms in total. The van der Waals surface area contributed by atoms with Gasteiger partial charge in [0.25, 0.3) is 0 Å². The minimum atomic E-state index is -0.240. The first-order chi connectivity index (χ1) is 12.4. The molecule has 27 heavy (non-hydrogen) atoms. The van der Waals surface area contributed by atoms with Crippen LogP contribution in [0.1, 0.15) is 52.9 Å². The minimum absolute atomic E-state index is 0. The summed E-state index contributed by atoms with van der Waals surface area (Å²) in [5.74, 6) is 0.839. The molecule has 1 heterocycles. The molecule has 158 valence electrons. The number of carbonyl (C=O) groups excluding carboxylic acids is 1. The number of nitrogens with zero attached hydrogens (tertiary/aromatic N) is 2. The number of aliphatic imine (C=N–C) groups is 1. The lowest BCUT2D eigenvalue weighted by Gasteiger charge is -2.52. The van der Waals surface area contributed by atoms with Crippen LogP contribution in [-0.4, -0.2) is 69.0 Å². The van der Waals surface area contributed by atoms with Crippen LogP contribution in [0.2, 0.25) is 0 Å². The van der Waals surface area contributed by atoms with E-state index in [1.54, 1.807) is 11.9 Å². The third-order valence-corrected chi connectivity index (χ3v) is 5.80. The molecule has 1 amide bonds. The van der Waals surface area contributed by atoms with Crippen molar-refractivity contribution in [2.24, 2.45) is 10.4 Å². The molecule has 0 aromatic carbocycles. The third kappa shape index (κ3) is 6.37. The zero-order valence-corrected chi connectivity index (χ0v) is 19.7. The maximum atomic E-state index is 11.6. The lowest BCUT2D eigenvalue weighted by atomic mass is 9.64. The fourth-order valence-corrected chi connectivity index (χ4v) is 3.65. The molecule has 2 rings (SSSR count). The Labute approximate surface area is 181 Å². The van der Waals surface area contributed by atoms with Crippen LogP contribution in [-0.2, 0) is 9.47 Å². The van der Waals surface area contributed by atoms with Gasteiger partial charge in [-0.25, -0.2) is 4.79 Å². The number of hydrogen-bond donors (Lipinski definition) is 2. The first kappa shape index (κ1) is 24.3. The van der Waals surface area contributed by atoms with Gasteiger partial charge in [-0.2, -0.15) is 0 Å². The van der Waals surface area contributed by atoms with Crippen LogP contribution in [0.5, 0.6) is 0 Å². The van der Waals surface area contributed by atoms with Crippen LogP contribution in [0.4, 0.5) is 4.79 Å². The predicted molar refractivity (Wildman–Crippen MR) is 119 cm³/mol. The second-order valence-corrected chi connectivity index (χ2v) is 7.91. The van der Waals surface area contributed by atoms with Crippen molar-refractivity contribution < 1.29 is 14.3 Å². The Bertz CT molecular complexity index is 493. The number of likely N-dealkylation sites (tertiary alicyclic amines) is 1. The van der Waals surface area contributed by atoms with Crippen LogP contribution >= 0.6 is 24.0 Å². The zero-order valence-electron chi connectivity index (χ0n) is 17.4. The highest BCUT2D eigenvalue weighted by Crippen LogP contribution is 2.42. The van der Waals surface area contributed by atoms with Crippen molar-refractivity contribution in [3.63, 3.8) is 0 Å². The van der Waals surface area contributed by atoms with Crippen LogP contribution < -0.4 is 10.6 Å². The van der Waals surface area contributed by atoms with Crippen molar-refractivity contribution in [1.82, 2.24) is 15.5 Å². The maximum absolute atomic E-state index is 11.6. The number of ether oxygens (including phenoxy) is 2. The van der Waals surface area contributed by atoms with E-state index in [1.165, 1.54) is 13.5 Å². The van der Waals surface area contributed by atoms with Gasteiger partial charge in [0, 0.05) is 44.2 Å². The van der Waals surface area contributed by atoms with Gasteiger partial charge in [0.2, 0.25) is 0 Å². The molecule has 1 aliphatic carbocycles. The number of unbranched alkanes of at least 4 members (excludes halogenated alkanes) is 1. The number of halogens is 1. The Morgan fingerprint density at radius 3 is 2.44 bits per heavy atom. The molecular formula is C19H37IN4O3. The lowest BCUT2D eigenvalue weighted by molar-refractivity contribution is -0.113. The van der Waals surface area contributed by atoms with Crippen LogP contribution in [0, 0.1) is 5.41 Å². The Morgan fingerprint density at radius 1 is 1.26 bits per heavy atom. The molecule has 0 bridgehead atoms. The van der Waals surface area contributed by atoms with E-state index >= 15 is 0 Å². The molecule has 0 spiro atoms. The number of rotatable bonds is 6. The SMILES string of the molecule is CCCCOC1CC(NC(=NC)NC2CCN(C(=O)OC)CC2)C1(C)C.I. The maximum Gasteiger partial charge on any atom is 0.409 e. The average molecular weight is 496 g/mol. The van der Waals surface area contributed by atoms with E-state index in [9.17, 15) is 4.79 Å². The van der Waals surface area contributed by atoms with Gasteiger partial charge in [0.05, 0.1) is 13.2 Å². The summed E-state index contributed by atoms with van der Waals surface area (Å²) in [5.41, 5.74) is 0.0968.